The largest absolute Gasteiger partial charge is 0.326 e. The van der Waals surface area contributed by atoms with Crippen molar-refractivity contribution in [2.45, 2.75) is 6.54 Å². The summed E-state index contributed by atoms with van der Waals surface area (Å²) in [6.45, 7) is 0.371. The molecule has 1 aromatic rings. The molecule has 0 spiro atoms. The molecule has 0 fully saturated rings. The maximum absolute atomic E-state index is 8.68. The smallest absolute Gasteiger partial charge is 0.100 e. The molecule has 0 saturated heterocycles. The van der Waals surface area contributed by atoms with Gasteiger partial charge in [0.05, 0.1) is 5.56 Å². The Hall–Kier alpha value is -0.560. The fraction of sp³-hybridized carbons (Fsp3) is 0.125. The second-order valence-corrected chi connectivity index (χ2v) is 3.47. The third-order valence-electron chi connectivity index (χ3n) is 1.45. The van der Waals surface area contributed by atoms with Gasteiger partial charge < -0.3 is 5.73 Å². The lowest BCUT2D eigenvalue weighted by Crippen LogP contribution is -1.98. The van der Waals surface area contributed by atoms with Gasteiger partial charge in [-0.05, 0) is 33.6 Å². The highest BCUT2D eigenvalue weighted by atomic mass is 79.9. The van der Waals surface area contributed by atoms with Crippen LogP contribution in [0.15, 0.2) is 16.6 Å². The minimum Gasteiger partial charge on any atom is -0.326 e. The monoisotopic (exact) mass is 244 g/mol. The molecule has 1 rings (SSSR count). The number of halogens is 2. The number of hydrogen-bond acceptors (Lipinski definition) is 2. The molecule has 0 atom stereocenters. The van der Waals surface area contributed by atoms with Gasteiger partial charge in [-0.25, -0.2) is 0 Å². The lowest BCUT2D eigenvalue weighted by molar-refractivity contribution is 1.06. The minimum absolute atomic E-state index is 0.371. The van der Waals surface area contributed by atoms with Crippen molar-refractivity contribution in [1.29, 1.82) is 5.26 Å². The van der Waals surface area contributed by atoms with Crippen molar-refractivity contribution in [3.8, 4) is 6.07 Å². The van der Waals surface area contributed by atoms with Gasteiger partial charge in [-0.3, -0.25) is 0 Å². The second kappa shape index (κ2) is 3.90. The summed E-state index contributed by atoms with van der Waals surface area (Å²) in [5.74, 6) is 0. The van der Waals surface area contributed by atoms with Gasteiger partial charge in [0.25, 0.3) is 0 Å². The molecule has 0 unspecified atom stereocenters. The van der Waals surface area contributed by atoms with Crippen molar-refractivity contribution in [1.82, 2.24) is 0 Å². The van der Waals surface area contributed by atoms with Crippen molar-refractivity contribution in [3.05, 3.63) is 32.8 Å². The number of nitriles is 1. The Morgan fingerprint density at radius 1 is 1.58 bits per heavy atom. The summed E-state index contributed by atoms with van der Waals surface area (Å²) >= 11 is 9.03. The summed E-state index contributed by atoms with van der Waals surface area (Å²) in [6, 6.07) is 5.37. The van der Waals surface area contributed by atoms with Crippen LogP contribution in [-0.2, 0) is 6.54 Å². The molecule has 0 radical (unpaired) electrons. The van der Waals surface area contributed by atoms with Crippen molar-refractivity contribution in [3.63, 3.8) is 0 Å². The second-order valence-electron chi connectivity index (χ2n) is 2.24. The molecule has 2 N–H and O–H groups in total. The van der Waals surface area contributed by atoms with Gasteiger partial charge in [0, 0.05) is 16.0 Å². The standard InChI is InChI=1S/C8H6BrClN2/c9-8-5(3-11)1-7(10)2-6(8)4-12/h1-2H,3,11H2. The summed E-state index contributed by atoms with van der Waals surface area (Å²) in [5.41, 5.74) is 6.81. The molecule has 0 bridgehead atoms. The van der Waals surface area contributed by atoms with E-state index in [1.165, 1.54) is 0 Å². The topological polar surface area (TPSA) is 49.8 Å². The number of benzene rings is 1. The molecule has 0 aliphatic carbocycles. The van der Waals surface area contributed by atoms with Gasteiger partial charge in [-0.15, -0.1) is 0 Å². The van der Waals surface area contributed by atoms with E-state index in [9.17, 15) is 0 Å². The Labute approximate surface area is 84.1 Å². The van der Waals surface area contributed by atoms with Crippen LogP contribution in [0.3, 0.4) is 0 Å². The zero-order valence-corrected chi connectivity index (χ0v) is 8.48. The van der Waals surface area contributed by atoms with Crippen LogP contribution in [0.4, 0.5) is 0 Å². The Bertz CT molecular complexity index is 344. The number of rotatable bonds is 1. The lowest BCUT2D eigenvalue weighted by atomic mass is 10.1. The van der Waals surface area contributed by atoms with Crippen LogP contribution in [0.5, 0.6) is 0 Å². The molecular weight excluding hydrogens is 239 g/mol. The van der Waals surface area contributed by atoms with Gasteiger partial charge in [-0.2, -0.15) is 5.26 Å². The van der Waals surface area contributed by atoms with E-state index in [0.717, 1.165) is 10.0 Å². The molecule has 0 saturated carbocycles. The third-order valence-corrected chi connectivity index (χ3v) is 2.61. The first-order chi connectivity index (χ1) is 5.69. The van der Waals surface area contributed by atoms with Crippen LogP contribution >= 0.6 is 27.5 Å². The van der Waals surface area contributed by atoms with E-state index >= 15 is 0 Å². The van der Waals surface area contributed by atoms with E-state index in [2.05, 4.69) is 15.9 Å². The quantitative estimate of drug-likeness (QED) is 0.826. The zero-order valence-electron chi connectivity index (χ0n) is 6.14. The van der Waals surface area contributed by atoms with E-state index in [4.69, 9.17) is 22.6 Å². The highest BCUT2D eigenvalue weighted by Gasteiger charge is 2.05. The Morgan fingerprint density at radius 3 is 2.75 bits per heavy atom. The summed E-state index contributed by atoms with van der Waals surface area (Å²) < 4.78 is 0.733. The average Bonchev–Trinajstić information content (AvgIpc) is 2.08. The highest BCUT2D eigenvalue weighted by Crippen LogP contribution is 2.25. The number of nitrogens with zero attached hydrogens (tertiary/aromatic N) is 1. The lowest BCUT2D eigenvalue weighted by Gasteiger charge is -2.03. The first-order valence-corrected chi connectivity index (χ1v) is 4.44. The van der Waals surface area contributed by atoms with Gasteiger partial charge in [0.2, 0.25) is 0 Å². The van der Waals surface area contributed by atoms with Crippen LogP contribution in [0.2, 0.25) is 5.02 Å². The van der Waals surface area contributed by atoms with E-state index in [-0.39, 0.29) is 0 Å². The molecule has 4 heteroatoms. The van der Waals surface area contributed by atoms with Crippen LogP contribution < -0.4 is 5.73 Å². The summed E-state index contributed by atoms with van der Waals surface area (Å²) in [5, 5.41) is 9.22. The molecular formula is C8H6BrClN2. The first-order valence-electron chi connectivity index (χ1n) is 3.27. The molecule has 0 aliphatic rings. The van der Waals surface area contributed by atoms with Crippen molar-refractivity contribution in [2.24, 2.45) is 5.73 Å². The third kappa shape index (κ3) is 1.78. The number of hydrogen-bond donors (Lipinski definition) is 1. The van der Waals surface area contributed by atoms with Gasteiger partial charge >= 0.3 is 0 Å². The molecule has 2 nitrogen and oxygen atoms in total. The zero-order chi connectivity index (χ0) is 9.14. The fourth-order valence-corrected chi connectivity index (χ4v) is 1.60. The van der Waals surface area contributed by atoms with Crippen LogP contribution in [0.25, 0.3) is 0 Å². The normalized spacial score (nSPS) is 9.50. The van der Waals surface area contributed by atoms with E-state index in [1.807, 2.05) is 6.07 Å². The predicted octanol–water partition coefficient (Wildman–Crippen LogP) is 2.43. The van der Waals surface area contributed by atoms with E-state index in [0.29, 0.717) is 17.1 Å². The molecule has 0 amide bonds. The number of nitrogens with two attached hydrogens (primary N) is 1. The van der Waals surface area contributed by atoms with E-state index < -0.39 is 0 Å². The summed E-state index contributed by atoms with van der Waals surface area (Å²) in [7, 11) is 0. The Morgan fingerprint density at radius 2 is 2.25 bits per heavy atom. The van der Waals surface area contributed by atoms with Crippen LogP contribution in [0.1, 0.15) is 11.1 Å². The molecule has 62 valence electrons. The van der Waals surface area contributed by atoms with Gasteiger partial charge in [0.1, 0.15) is 6.07 Å². The molecule has 12 heavy (non-hydrogen) atoms. The first kappa shape index (κ1) is 9.53. The Balaban J connectivity index is 3.34. The molecule has 1 aromatic carbocycles. The minimum atomic E-state index is 0.371. The predicted molar refractivity (Wildman–Crippen MR) is 51.8 cm³/mol. The van der Waals surface area contributed by atoms with Crippen molar-refractivity contribution < 1.29 is 0 Å². The highest BCUT2D eigenvalue weighted by molar-refractivity contribution is 9.10. The SMILES string of the molecule is N#Cc1cc(Cl)cc(CN)c1Br. The molecule has 0 aliphatic heterocycles. The van der Waals surface area contributed by atoms with Gasteiger partial charge in [-0.1, -0.05) is 11.6 Å². The van der Waals surface area contributed by atoms with Crippen LogP contribution in [0, 0.1) is 11.3 Å². The van der Waals surface area contributed by atoms with Gasteiger partial charge in [0.15, 0.2) is 0 Å². The van der Waals surface area contributed by atoms with E-state index in [1.54, 1.807) is 12.1 Å². The summed E-state index contributed by atoms with van der Waals surface area (Å²) in [4.78, 5) is 0. The van der Waals surface area contributed by atoms with Crippen LogP contribution in [-0.4, -0.2) is 0 Å². The average molecular weight is 246 g/mol. The Kier molecular flexibility index (Phi) is 3.10. The van der Waals surface area contributed by atoms with Crippen molar-refractivity contribution in [2.75, 3.05) is 0 Å². The summed E-state index contributed by atoms with van der Waals surface area (Å²) in [6.07, 6.45) is 0. The van der Waals surface area contributed by atoms with Crippen molar-refractivity contribution >= 4 is 27.5 Å². The fourth-order valence-electron chi connectivity index (χ4n) is 0.876. The maximum atomic E-state index is 8.68. The molecule has 0 aromatic heterocycles. The molecule has 0 heterocycles. The maximum Gasteiger partial charge on any atom is 0.100 e.